The predicted molar refractivity (Wildman–Crippen MR) is 104 cm³/mol. The number of hydrogen-bond donors (Lipinski definition) is 3. The lowest BCUT2D eigenvalue weighted by Crippen LogP contribution is -2.09. The van der Waals surface area contributed by atoms with Gasteiger partial charge < -0.3 is 20.4 Å². The number of nitrogens with zero attached hydrogens (tertiary/aromatic N) is 3. The highest BCUT2D eigenvalue weighted by Crippen LogP contribution is 2.23. The molecule has 0 unspecified atom stereocenters. The molecule has 0 aliphatic carbocycles. The Bertz CT molecular complexity index is 1260. The summed E-state index contributed by atoms with van der Waals surface area (Å²) in [5.74, 6) is -1.07. The number of ether oxygens (including phenoxy) is 1. The molecule has 0 atom stereocenters. The Morgan fingerprint density at radius 1 is 1.07 bits per heavy atom. The van der Waals surface area contributed by atoms with E-state index < -0.39 is 11.6 Å². The monoisotopic (exact) mass is 396 g/mol. The molecule has 0 aliphatic heterocycles. The number of benzene rings is 1. The summed E-state index contributed by atoms with van der Waals surface area (Å²) in [6, 6.07) is 7.28. The maximum atomic E-state index is 13.8. The quantitative estimate of drug-likeness (QED) is 0.474. The van der Waals surface area contributed by atoms with Crippen molar-refractivity contribution >= 4 is 34.0 Å². The number of nitrogens with one attached hydrogen (secondary N) is 3. The molecule has 0 amide bonds. The minimum Gasteiger partial charge on any atom is -0.491 e. The largest absolute Gasteiger partial charge is 0.491 e. The molecule has 0 bridgehead atoms. The molecule has 10 heteroatoms. The molecular weight excluding hydrogens is 382 g/mol. The number of H-pyrrole nitrogens is 1. The number of halogens is 2. The third-order valence-corrected chi connectivity index (χ3v) is 4.02. The van der Waals surface area contributed by atoms with Crippen molar-refractivity contribution in [1.82, 2.24) is 19.9 Å². The van der Waals surface area contributed by atoms with E-state index in [2.05, 4.69) is 30.6 Å². The first-order valence-electron chi connectivity index (χ1n) is 8.41. The Hall–Kier alpha value is -4.08. The Kier molecular flexibility index (Phi) is 4.73. The molecule has 3 heterocycles. The van der Waals surface area contributed by atoms with Crippen molar-refractivity contribution in [2.24, 2.45) is 0 Å². The minimum absolute atomic E-state index is 0.0485. The number of hydrogen-bond acceptors (Lipinski definition) is 7. The maximum Gasteiger partial charge on any atom is 0.290 e. The van der Waals surface area contributed by atoms with Gasteiger partial charge in [-0.2, -0.15) is 4.98 Å². The van der Waals surface area contributed by atoms with Gasteiger partial charge in [0.15, 0.2) is 17.4 Å². The normalized spacial score (nSPS) is 10.7. The van der Waals surface area contributed by atoms with Crippen molar-refractivity contribution in [2.75, 3.05) is 17.7 Å². The van der Waals surface area contributed by atoms with Crippen LogP contribution < -0.4 is 20.9 Å². The van der Waals surface area contributed by atoms with Gasteiger partial charge in [0.25, 0.3) is 5.56 Å². The van der Waals surface area contributed by atoms with E-state index in [-0.39, 0.29) is 22.8 Å². The minimum atomic E-state index is -0.987. The third kappa shape index (κ3) is 3.81. The molecule has 4 rings (SSSR count). The molecule has 4 aromatic rings. The average molecular weight is 396 g/mol. The van der Waals surface area contributed by atoms with Crippen LogP contribution in [0.1, 0.15) is 0 Å². The predicted octanol–water partition coefficient (Wildman–Crippen LogP) is 3.49. The molecule has 0 aliphatic rings. The van der Waals surface area contributed by atoms with E-state index >= 15 is 0 Å². The highest BCUT2D eigenvalue weighted by atomic mass is 19.2. The fourth-order valence-corrected chi connectivity index (χ4v) is 2.66. The second-order valence-electron chi connectivity index (χ2n) is 5.96. The lowest BCUT2D eigenvalue weighted by atomic mass is 10.2. The SMILES string of the molecule is COc1cc(Nc2nccc(Nc3cnc4c(F)c(F)ccc4c3)n2)c[nH]c1=O. The summed E-state index contributed by atoms with van der Waals surface area (Å²) in [6.07, 6.45) is 4.38. The van der Waals surface area contributed by atoms with Crippen molar-refractivity contribution in [2.45, 2.75) is 0 Å². The first-order valence-corrected chi connectivity index (χ1v) is 8.41. The van der Waals surface area contributed by atoms with Crippen molar-refractivity contribution in [3.63, 3.8) is 0 Å². The van der Waals surface area contributed by atoms with E-state index in [4.69, 9.17) is 4.74 Å². The van der Waals surface area contributed by atoms with Crippen molar-refractivity contribution in [1.29, 1.82) is 0 Å². The fourth-order valence-electron chi connectivity index (χ4n) is 2.66. The van der Waals surface area contributed by atoms with Gasteiger partial charge in [0.05, 0.1) is 24.7 Å². The van der Waals surface area contributed by atoms with Gasteiger partial charge in [0.1, 0.15) is 11.3 Å². The van der Waals surface area contributed by atoms with Crippen molar-refractivity contribution < 1.29 is 13.5 Å². The van der Waals surface area contributed by atoms with Gasteiger partial charge >= 0.3 is 0 Å². The second kappa shape index (κ2) is 7.50. The van der Waals surface area contributed by atoms with Gasteiger partial charge in [0, 0.05) is 23.8 Å². The molecule has 0 saturated heterocycles. The first kappa shape index (κ1) is 18.3. The smallest absolute Gasteiger partial charge is 0.290 e. The van der Waals surface area contributed by atoms with Gasteiger partial charge in [-0.3, -0.25) is 9.78 Å². The molecular formula is C19H14F2N6O2. The van der Waals surface area contributed by atoms with Crippen LogP contribution in [0, 0.1) is 11.6 Å². The number of anilines is 4. The van der Waals surface area contributed by atoms with Crippen LogP contribution in [-0.2, 0) is 0 Å². The van der Waals surface area contributed by atoms with Gasteiger partial charge in [-0.1, -0.05) is 0 Å². The second-order valence-corrected chi connectivity index (χ2v) is 5.96. The molecule has 1 aromatic carbocycles. The maximum absolute atomic E-state index is 13.8. The van der Waals surface area contributed by atoms with Crippen molar-refractivity contribution in [3.8, 4) is 5.75 Å². The zero-order valence-corrected chi connectivity index (χ0v) is 15.0. The molecule has 8 nitrogen and oxygen atoms in total. The Labute approximate surface area is 162 Å². The van der Waals surface area contributed by atoms with Gasteiger partial charge in [-0.25, -0.2) is 13.8 Å². The van der Waals surface area contributed by atoms with Crippen molar-refractivity contribution in [3.05, 3.63) is 70.9 Å². The summed E-state index contributed by atoms with van der Waals surface area (Å²) >= 11 is 0. The molecule has 3 aromatic heterocycles. The van der Waals surface area contributed by atoms with E-state index in [1.165, 1.54) is 37.8 Å². The van der Waals surface area contributed by atoms with Gasteiger partial charge in [-0.15, -0.1) is 0 Å². The van der Waals surface area contributed by atoms with Crippen LogP contribution in [0.3, 0.4) is 0 Å². The van der Waals surface area contributed by atoms with Crippen LogP contribution in [0.25, 0.3) is 10.9 Å². The zero-order chi connectivity index (χ0) is 20.4. The van der Waals surface area contributed by atoms with Gasteiger partial charge in [-0.05, 0) is 24.3 Å². The highest BCUT2D eigenvalue weighted by Gasteiger charge is 2.09. The topological polar surface area (TPSA) is 105 Å². The fraction of sp³-hybridized carbons (Fsp3) is 0.0526. The molecule has 0 spiro atoms. The van der Waals surface area contributed by atoms with E-state index in [0.717, 1.165) is 6.07 Å². The molecule has 0 radical (unpaired) electrons. The van der Waals surface area contributed by atoms with Crippen LogP contribution in [0.4, 0.5) is 31.9 Å². The number of aromatic amines is 1. The Morgan fingerprint density at radius 2 is 1.93 bits per heavy atom. The molecule has 29 heavy (non-hydrogen) atoms. The molecule has 146 valence electrons. The van der Waals surface area contributed by atoms with Gasteiger partial charge in [0.2, 0.25) is 5.95 Å². The van der Waals surface area contributed by atoms with E-state index in [1.807, 2.05) is 0 Å². The standard InChI is InChI=1S/C19H14F2N6O2/c1-29-14-7-12(9-24-18(14)28)26-19-22-5-4-15(27-19)25-11-6-10-2-3-13(20)16(21)17(10)23-8-11/h2-9H,1H3,(H,24,28)(H2,22,25,26,27). The number of fused-ring (bicyclic) bond motifs is 1. The number of pyridine rings is 2. The van der Waals surface area contributed by atoms with Crippen LogP contribution in [-0.4, -0.2) is 27.0 Å². The lowest BCUT2D eigenvalue weighted by molar-refractivity contribution is 0.408. The summed E-state index contributed by atoms with van der Waals surface area (Å²) in [5, 5.41) is 6.44. The third-order valence-electron chi connectivity index (χ3n) is 4.02. The van der Waals surface area contributed by atoms with Crippen LogP contribution >= 0.6 is 0 Å². The Morgan fingerprint density at radius 3 is 2.76 bits per heavy atom. The number of methoxy groups -OCH3 is 1. The number of rotatable bonds is 5. The van der Waals surface area contributed by atoms with E-state index in [9.17, 15) is 13.6 Å². The molecule has 3 N–H and O–H groups in total. The van der Waals surface area contributed by atoms with Crippen LogP contribution in [0.2, 0.25) is 0 Å². The van der Waals surface area contributed by atoms with E-state index in [1.54, 1.807) is 12.1 Å². The number of aromatic nitrogens is 4. The molecule has 0 fully saturated rings. The highest BCUT2D eigenvalue weighted by molar-refractivity contribution is 5.83. The zero-order valence-electron chi connectivity index (χ0n) is 15.0. The summed E-state index contributed by atoms with van der Waals surface area (Å²) in [7, 11) is 1.40. The summed E-state index contributed by atoms with van der Waals surface area (Å²) in [6.45, 7) is 0. The summed E-state index contributed by atoms with van der Waals surface area (Å²) in [4.78, 5) is 26.5. The van der Waals surface area contributed by atoms with E-state index in [0.29, 0.717) is 22.6 Å². The first-order chi connectivity index (χ1) is 14.0. The average Bonchev–Trinajstić information content (AvgIpc) is 2.72. The van der Waals surface area contributed by atoms with Crippen LogP contribution in [0.5, 0.6) is 5.75 Å². The van der Waals surface area contributed by atoms with Crippen LogP contribution in [0.15, 0.2) is 53.7 Å². The lowest BCUT2D eigenvalue weighted by Gasteiger charge is -2.09. The summed E-state index contributed by atoms with van der Waals surface area (Å²) < 4.78 is 32.1. The Balaban J connectivity index is 1.57. The molecule has 0 saturated carbocycles. The summed E-state index contributed by atoms with van der Waals surface area (Å²) in [5.41, 5.74) is 0.671.